The Morgan fingerprint density at radius 1 is 0.882 bits per heavy atom. The van der Waals surface area contributed by atoms with Gasteiger partial charge < -0.3 is 0 Å². The average Bonchev–Trinajstić information content (AvgIpc) is 2.26. The first-order chi connectivity index (χ1) is 7.99. The van der Waals surface area contributed by atoms with Gasteiger partial charge in [-0.3, -0.25) is 0 Å². The molecule has 0 aliphatic heterocycles. The molecule has 2 rings (SSSR count). The second-order valence-corrected chi connectivity index (χ2v) is 7.97. The molecule has 4 atom stereocenters. The van der Waals surface area contributed by atoms with Crippen LogP contribution in [0.15, 0.2) is 0 Å². The fourth-order valence-corrected chi connectivity index (χ4v) is 4.60. The lowest BCUT2D eigenvalue weighted by Crippen LogP contribution is -2.35. The number of rotatable bonds is 2. The van der Waals surface area contributed by atoms with Gasteiger partial charge in [0.25, 0.3) is 0 Å². The Labute approximate surface area is 109 Å². The van der Waals surface area contributed by atoms with Crippen LogP contribution in [0.5, 0.6) is 0 Å². The minimum atomic E-state index is 0.527. The van der Waals surface area contributed by atoms with Gasteiger partial charge in [0.15, 0.2) is 0 Å². The molecule has 0 nitrogen and oxygen atoms in total. The van der Waals surface area contributed by atoms with E-state index in [0.717, 1.165) is 23.7 Å². The Hall–Kier alpha value is 0. The summed E-state index contributed by atoms with van der Waals surface area (Å²) in [5.74, 6) is 4.26. The zero-order valence-electron chi connectivity index (χ0n) is 12.5. The fraction of sp³-hybridized carbons (Fsp3) is 1.00. The SMILES string of the molecule is CCC1CC2CCCCC2CC1CC(C)(C)C. The largest absolute Gasteiger partial charge is 0.0651 e. The van der Waals surface area contributed by atoms with Crippen LogP contribution in [0.25, 0.3) is 0 Å². The fourth-order valence-electron chi connectivity index (χ4n) is 4.60. The highest BCUT2D eigenvalue weighted by Crippen LogP contribution is 2.49. The minimum Gasteiger partial charge on any atom is -0.0651 e. The normalized spacial score (nSPS) is 38.8. The van der Waals surface area contributed by atoms with E-state index in [4.69, 9.17) is 0 Å². The smallest absolute Gasteiger partial charge is 0.0378 e. The van der Waals surface area contributed by atoms with Gasteiger partial charge >= 0.3 is 0 Å². The molecule has 0 aromatic rings. The molecular weight excluding hydrogens is 204 g/mol. The van der Waals surface area contributed by atoms with Crippen LogP contribution in [0.3, 0.4) is 0 Å². The van der Waals surface area contributed by atoms with Gasteiger partial charge in [-0.15, -0.1) is 0 Å². The molecule has 17 heavy (non-hydrogen) atoms. The number of hydrogen-bond donors (Lipinski definition) is 0. The van der Waals surface area contributed by atoms with Gasteiger partial charge in [-0.05, 0) is 48.3 Å². The maximum atomic E-state index is 2.42. The maximum absolute atomic E-state index is 2.42. The summed E-state index contributed by atoms with van der Waals surface area (Å²) >= 11 is 0. The van der Waals surface area contributed by atoms with Crippen molar-refractivity contribution in [3.8, 4) is 0 Å². The minimum absolute atomic E-state index is 0.527. The van der Waals surface area contributed by atoms with Crippen LogP contribution in [0, 0.1) is 29.1 Å². The quantitative estimate of drug-likeness (QED) is 0.580. The molecule has 2 aliphatic rings. The number of fused-ring (bicyclic) bond motifs is 1. The van der Waals surface area contributed by atoms with Crippen LogP contribution in [0.2, 0.25) is 0 Å². The molecule has 0 radical (unpaired) electrons. The molecule has 100 valence electrons. The van der Waals surface area contributed by atoms with Crippen LogP contribution in [0.4, 0.5) is 0 Å². The Balaban J connectivity index is 1.99. The Bertz CT molecular complexity index is 235. The molecule has 0 spiro atoms. The molecule has 2 saturated carbocycles. The molecular formula is C17H32. The van der Waals surface area contributed by atoms with Crippen LogP contribution in [-0.4, -0.2) is 0 Å². The first kappa shape index (κ1) is 13.4. The standard InChI is InChI=1S/C17H32/c1-5-13-10-14-8-6-7-9-15(14)11-16(13)12-17(2,3)4/h13-16H,5-12H2,1-4H3. The molecule has 0 heteroatoms. The van der Waals surface area contributed by atoms with Gasteiger partial charge in [0, 0.05) is 0 Å². The summed E-state index contributed by atoms with van der Waals surface area (Å²) in [4.78, 5) is 0. The first-order valence-electron chi connectivity index (χ1n) is 7.99. The lowest BCUT2D eigenvalue weighted by molar-refractivity contribution is 0.0536. The van der Waals surface area contributed by atoms with E-state index in [9.17, 15) is 0 Å². The van der Waals surface area contributed by atoms with Crippen LogP contribution >= 0.6 is 0 Å². The van der Waals surface area contributed by atoms with E-state index in [0.29, 0.717) is 5.41 Å². The third kappa shape index (κ3) is 3.48. The van der Waals surface area contributed by atoms with E-state index in [1.54, 1.807) is 25.7 Å². The molecule has 2 fully saturated rings. The number of hydrogen-bond acceptors (Lipinski definition) is 0. The summed E-state index contributed by atoms with van der Waals surface area (Å²) in [5.41, 5.74) is 0.527. The Morgan fingerprint density at radius 2 is 1.41 bits per heavy atom. The molecule has 0 saturated heterocycles. The lowest BCUT2D eigenvalue weighted by atomic mass is 9.60. The molecule has 0 heterocycles. The van der Waals surface area contributed by atoms with Crippen molar-refractivity contribution in [1.82, 2.24) is 0 Å². The van der Waals surface area contributed by atoms with Crippen molar-refractivity contribution in [1.29, 1.82) is 0 Å². The predicted molar refractivity (Wildman–Crippen MR) is 76.0 cm³/mol. The van der Waals surface area contributed by atoms with Crippen molar-refractivity contribution in [2.45, 2.75) is 79.1 Å². The van der Waals surface area contributed by atoms with Crippen molar-refractivity contribution in [3.63, 3.8) is 0 Å². The molecule has 0 amide bonds. The monoisotopic (exact) mass is 236 g/mol. The molecule has 0 aromatic carbocycles. The van der Waals surface area contributed by atoms with Gasteiger partial charge in [0.05, 0.1) is 0 Å². The highest BCUT2D eigenvalue weighted by atomic mass is 14.4. The summed E-state index contributed by atoms with van der Waals surface area (Å²) in [7, 11) is 0. The first-order valence-corrected chi connectivity index (χ1v) is 7.99. The second kappa shape index (κ2) is 5.33. The average molecular weight is 236 g/mol. The van der Waals surface area contributed by atoms with Crippen LogP contribution in [-0.2, 0) is 0 Å². The Morgan fingerprint density at radius 3 is 1.88 bits per heavy atom. The van der Waals surface area contributed by atoms with Gasteiger partial charge in [0.2, 0.25) is 0 Å². The van der Waals surface area contributed by atoms with Gasteiger partial charge in [0.1, 0.15) is 0 Å². The predicted octanol–water partition coefficient (Wildman–Crippen LogP) is 5.67. The van der Waals surface area contributed by atoms with Crippen LogP contribution < -0.4 is 0 Å². The summed E-state index contributed by atoms with van der Waals surface area (Å²) in [6.07, 6.45) is 12.1. The highest BCUT2D eigenvalue weighted by molar-refractivity contribution is 4.89. The maximum Gasteiger partial charge on any atom is -0.0378 e. The molecule has 0 aromatic heterocycles. The van der Waals surface area contributed by atoms with E-state index in [1.165, 1.54) is 25.7 Å². The summed E-state index contributed by atoms with van der Waals surface area (Å²) in [5, 5.41) is 0. The van der Waals surface area contributed by atoms with Gasteiger partial charge in [-0.1, -0.05) is 59.8 Å². The summed E-state index contributed by atoms with van der Waals surface area (Å²) in [6.45, 7) is 9.69. The van der Waals surface area contributed by atoms with Crippen LogP contribution in [0.1, 0.15) is 79.1 Å². The molecule has 4 unspecified atom stereocenters. The highest BCUT2D eigenvalue weighted by Gasteiger charge is 2.38. The third-order valence-electron chi connectivity index (χ3n) is 5.34. The molecule has 0 N–H and O–H groups in total. The molecule has 0 bridgehead atoms. The van der Waals surface area contributed by atoms with Crippen molar-refractivity contribution in [3.05, 3.63) is 0 Å². The lowest BCUT2D eigenvalue weighted by Gasteiger charge is -2.45. The van der Waals surface area contributed by atoms with E-state index in [2.05, 4.69) is 27.7 Å². The topological polar surface area (TPSA) is 0 Å². The van der Waals surface area contributed by atoms with E-state index in [1.807, 2.05) is 0 Å². The summed E-state index contributed by atoms with van der Waals surface area (Å²) in [6, 6.07) is 0. The van der Waals surface area contributed by atoms with Crippen molar-refractivity contribution in [2.24, 2.45) is 29.1 Å². The summed E-state index contributed by atoms with van der Waals surface area (Å²) < 4.78 is 0. The van der Waals surface area contributed by atoms with Crippen molar-refractivity contribution >= 4 is 0 Å². The van der Waals surface area contributed by atoms with E-state index < -0.39 is 0 Å². The zero-order valence-corrected chi connectivity index (χ0v) is 12.5. The second-order valence-electron chi connectivity index (χ2n) is 7.97. The Kier molecular flexibility index (Phi) is 4.21. The zero-order chi connectivity index (χ0) is 12.5. The van der Waals surface area contributed by atoms with Gasteiger partial charge in [-0.25, -0.2) is 0 Å². The molecule has 2 aliphatic carbocycles. The van der Waals surface area contributed by atoms with Crippen molar-refractivity contribution < 1.29 is 0 Å². The van der Waals surface area contributed by atoms with Gasteiger partial charge in [-0.2, -0.15) is 0 Å². The third-order valence-corrected chi connectivity index (χ3v) is 5.34. The van der Waals surface area contributed by atoms with Crippen molar-refractivity contribution in [2.75, 3.05) is 0 Å². The van der Waals surface area contributed by atoms with E-state index >= 15 is 0 Å². The van der Waals surface area contributed by atoms with E-state index in [-0.39, 0.29) is 0 Å².